The molecule has 2 N–H and O–H groups in total. The summed E-state index contributed by atoms with van der Waals surface area (Å²) in [5.74, 6) is -1.09. The third-order valence-corrected chi connectivity index (χ3v) is 3.12. The Labute approximate surface area is 137 Å². The van der Waals surface area contributed by atoms with Gasteiger partial charge in [0.25, 0.3) is 11.5 Å². The molecule has 0 aliphatic carbocycles. The number of hydrogen-bond donors (Lipinski definition) is 2. The van der Waals surface area contributed by atoms with Gasteiger partial charge in [-0.05, 0) is 18.2 Å². The average molecular weight is 357 g/mol. The number of H-pyrrole nitrogens is 1. The number of nitro groups is 1. The Kier molecular flexibility index (Phi) is 4.77. The number of aromatic amines is 1. The van der Waals surface area contributed by atoms with E-state index in [9.17, 15) is 32.9 Å². The second-order valence-electron chi connectivity index (χ2n) is 4.73. The second-order valence-corrected chi connectivity index (χ2v) is 4.73. The predicted octanol–water partition coefficient (Wildman–Crippen LogP) is 2.56. The number of amides is 1. The standard InChI is InChI=1S/C14H10F3N3O5/c1-25-11-3-2-7(4-10(11)20(23)24)12(21)19-9-5-8(14(15,16)17)6-18-13(9)22/h2-6H,1H3,(H,18,22)(H,19,21). The molecule has 1 aromatic heterocycles. The van der Waals surface area contributed by atoms with E-state index in [1.165, 1.54) is 13.2 Å². The van der Waals surface area contributed by atoms with Gasteiger partial charge < -0.3 is 15.0 Å². The van der Waals surface area contributed by atoms with Crippen molar-refractivity contribution in [2.45, 2.75) is 6.18 Å². The van der Waals surface area contributed by atoms with Crippen LogP contribution in [0, 0.1) is 10.1 Å². The highest BCUT2D eigenvalue weighted by molar-refractivity contribution is 6.04. The SMILES string of the molecule is COc1ccc(C(=O)Nc2cc(C(F)(F)F)c[nH]c2=O)cc1[N+](=O)[O-]. The van der Waals surface area contributed by atoms with Gasteiger partial charge in [0.15, 0.2) is 5.75 Å². The summed E-state index contributed by atoms with van der Waals surface area (Å²) in [6.45, 7) is 0. The summed E-state index contributed by atoms with van der Waals surface area (Å²) in [6, 6.07) is 3.68. The number of ether oxygens (including phenoxy) is 1. The maximum Gasteiger partial charge on any atom is 0.417 e. The number of aromatic nitrogens is 1. The highest BCUT2D eigenvalue weighted by atomic mass is 19.4. The number of hydrogen-bond acceptors (Lipinski definition) is 5. The van der Waals surface area contributed by atoms with E-state index in [4.69, 9.17) is 4.74 Å². The number of nitrogens with zero attached hydrogens (tertiary/aromatic N) is 1. The quantitative estimate of drug-likeness (QED) is 0.645. The lowest BCUT2D eigenvalue weighted by molar-refractivity contribution is -0.385. The lowest BCUT2D eigenvalue weighted by atomic mass is 10.1. The Bertz CT molecular complexity index is 892. The Balaban J connectivity index is 2.36. The van der Waals surface area contributed by atoms with Gasteiger partial charge in [0.2, 0.25) is 0 Å². The first kappa shape index (κ1) is 18.0. The van der Waals surface area contributed by atoms with Crippen LogP contribution in [0.25, 0.3) is 0 Å². The lowest BCUT2D eigenvalue weighted by Gasteiger charge is -2.09. The van der Waals surface area contributed by atoms with Crippen LogP contribution in [0.15, 0.2) is 35.3 Å². The van der Waals surface area contributed by atoms with Gasteiger partial charge >= 0.3 is 11.9 Å². The summed E-state index contributed by atoms with van der Waals surface area (Å²) in [6.07, 6.45) is -4.25. The molecule has 132 valence electrons. The van der Waals surface area contributed by atoms with Crippen LogP contribution in [0.4, 0.5) is 24.5 Å². The van der Waals surface area contributed by atoms with Crippen molar-refractivity contribution in [2.75, 3.05) is 12.4 Å². The summed E-state index contributed by atoms with van der Waals surface area (Å²) >= 11 is 0. The number of pyridine rings is 1. The summed E-state index contributed by atoms with van der Waals surface area (Å²) in [4.78, 5) is 35.7. The molecule has 1 aromatic carbocycles. The van der Waals surface area contributed by atoms with E-state index in [0.717, 1.165) is 12.1 Å². The number of benzene rings is 1. The molecule has 1 amide bonds. The molecule has 11 heteroatoms. The molecule has 0 spiro atoms. The number of carbonyl (C=O) groups is 1. The monoisotopic (exact) mass is 357 g/mol. The Morgan fingerprint density at radius 2 is 2.00 bits per heavy atom. The second kappa shape index (κ2) is 6.63. The third-order valence-electron chi connectivity index (χ3n) is 3.12. The molecule has 2 aromatic rings. The summed E-state index contributed by atoms with van der Waals surface area (Å²) < 4.78 is 42.8. The molecule has 1 heterocycles. The predicted molar refractivity (Wildman–Crippen MR) is 79.7 cm³/mol. The number of nitrogens with one attached hydrogen (secondary N) is 2. The zero-order chi connectivity index (χ0) is 18.8. The van der Waals surface area contributed by atoms with Crippen molar-refractivity contribution in [3.8, 4) is 5.75 Å². The molecule has 0 aliphatic rings. The number of methoxy groups -OCH3 is 1. The fraction of sp³-hybridized carbons (Fsp3) is 0.143. The van der Waals surface area contributed by atoms with Crippen LogP contribution in [0.1, 0.15) is 15.9 Å². The van der Waals surface area contributed by atoms with Crippen LogP contribution in [-0.2, 0) is 6.18 Å². The van der Waals surface area contributed by atoms with Crippen LogP contribution in [0.2, 0.25) is 0 Å². The van der Waals surface area contributed by atoms with Crippen LogP contribution < -0.4 is 15.6 Å². The van der Waals surface area contributed by atoms with Crippen molar-refractivity contribution in [2.24, 2.45) is 0 Å². The van der Waals surface area contributed by atoms with Gasteiger partial charge in [0.1, 0.15) is 5.69 Å². The maximum atomic E-state index is 12.7. The lowest BCUT2D eigenvalue weighted by Crippen LogP contribution is -2.21. The van der Waals surface area contributed by atoms with Gasteiger partial charge in [-0.3, -0.25) is 19.7 Å². The van der Waals surface area contributed by atoms with E-state index in [2.05, 4.69) is 0 Å². The molecule has 0 aliphatic heterocycles. The molecule has 2 rings (SSSR count). The normalized spacial score (nSPS) is 11.0. The minimum atomic E-state index is -4.72. The minimum absolute atomic E-state index is 0.0986. The Morgan fingerprint density at radius 1 is 1.32 bits per heavy atom. The van der Waals surface area contributed by atoms with Crippen molar-refractivity contribution in [3.63, 3.8) is 0 Å². The molecule has 0 saturated carbocycles. The highest BCUT2D eigenvalue weighted by Crippen LogP contribution is 2.30. The fourth-order valence-corrected chi connectivity index (χ4v) is 1.91. The smallest absolute Gasteiger partial charge is 0.417 e. The number of rotatable bonds is 4. The highest BCUT2D eigenvalue weighted by Gasteiger charge is 2.31. The maximum absolute atomic E-state index is 12.7. The molecule has 0 radical (unpaired) electrons. The van der Waals surface area contributed by atoms with E-state index in [0.29, 0.717) is 12.3 Å². The Morgan fingerprint density at radius 3 is 2.56 bits per heavy atom. The van der Waals surface area contributed by atoms with E-state index in [1.54, 1.807) is 0 Å². The van der Waals surface area contributed by atoms with Crippen LogP contribution in [-0.4, -0.2) is 22.9 Å². The van der Waals surface area contributed by atoms with Crippen LogP contribution in [0.5, 0.6) is 5.75 Å². The number of alkyl halides is 3. The van der Waals surface area contributed by atoms with Gasteiger partial charge in [0, 0.05) is 17.8 Å². The van der Waals surface area contributed by atoms with Gasteiger partial charge in [-0.2, -0.15) is 13.2 Å². The molecular weight excluding hydrogens is 347 g/mol. The van der Waals surface area contributed by atoms with Crippen molar-refractivity contribution < 1.29 is 27.6 Å². The first-order valence-electron chi connectivity index (χ1n) is 6.57. The Hall–Kier alpha value is -3.37. The first-order chi connectivity index (χ1) is 11.6. The molecule has 8 nitrogen and oxygen atoms in total. The summed E-state index contributed by atoms with van der Waals surface area (Å²) in [7, 11) is 1.20. The molecule has 25 heavy (non-hydrogen) atoms. The van der Waals surface area contributed by atoms with E-state index in [-0.39, 0.29) is 11.3 Å². The third kappa shape index (κ3) is 3.94. The largest absolute Gasteiger partial charge is 0.490 e. The van der Waals surface area contributed by atoms with Crippen molar-refractivity contribution >= 4 is 17.3 Å². The van der Waals surface area contributed by atoms with Gasteiger partial charge in [-0.1, -0.05) is 0 Å². The molecule has 0 fully saturated rings. The van der Waals surface area contributed by atoms with E-state index < -0.39 is 39.5 Å². The zero-order valence-corrected chi connectivity index (χ0v) is 12.5. The fourth-order valence-electron chi connectivity index (χ4n) is 1.91. The van der Waals surface area contributed by atoms with Gasteiger partial charge in [-0.25, -0.2) is 0 Å². The van der Waals surface area contributed by atoms with Crippen LogP contribution in [0.3, 0.4) is 0 Å². The number of anilines is 1. The molecule has 0 atom stereocenters. The van der Waals surface area contributed by atoms with Gasteiger partial charge in [-0.15, -0.1) is 0 Å². The van der Waals surface area contributed by atoms with Crippen molar-refractivity contribution in [1.82, 2.24) is 4.98 Å². The van der Waals surface area contributed by atoms with Crippen molar-refractivity contribution in [3.05, 3.63) is 62.1 Å². The molecule has 0 bridgehead atoms. The number of nitro benzene ring substituents is 1. The summed E-state index contributed by atoms with van der Waals surface area (Å²) in [5, 5.41) is 12.9. The first-order valence-corrected chi connectivity index (χ1v) is 6.57. The average Bonchev–Trinajstić information content (AvgIpc) is 2.55. The summed E-state index contributed by atoms with van der Waals surface area (Å²) in [5.41, 5.74) is -3.50. The molecule has 0 saturated heterocycles. The molecular formula is C14H10F3N3O5. The van der Waals surface area contributed by atoms with E-state index in [1.807, 2.05) is 10.3 Å². The van der Waals surface area contributed by atoms with Gasteiger partial charge in [0.05, 0.1) is 17.6 Å². The number of halogens is 3. The minimum Gasteiger partial charge on any atom is -0.490 e. The molecule has 0 unspecified atom stereocenters. The topological polar surface area (TPSA) is 114 Å². The van der Waals surface area contributed by atoms with Crippen LogP contribution >= 0.6 is 0 Å². The number of carbonyl (C=O) groups excluding carboxylic acids is 1. The van der Waals surface area contributed by atoms with E-state index >= 15 is 0 Å². The zero-order valence-electron chi connectivity index (χ0n) is 12.5. The van der Waals surface area contributed by atoms with Crippen molar-refractivity contribution in [1.29, 1.82) is 0 Å².